The van der Waals surface area contributed by atoms with Crippen LogP contribution in [0.5, 0.6) is 11.5 Å². The number of carbonyl (C=O) groups is 1. The van der Waals surface area contributed by atoms with Crippen molar-refractivity contribution in [2.45, 2.75) is 19.8 Å². The molecule has 5 rings (SSSR count). The summed E-state index contributed by atoms with van der Waals surface area (Å²) in [4.78, 5) is 25.4. The number of benzene rings is 2. The number of nitrogens with one attached hydrogen (secondary N) is 3. The summed E-state index contributed by atoms with van der Waals surface area (Å²) >= 11 is 0. The van der Waals surface area contributed by atoms with Gasteiger partial charge in [0, 0.05) is 24.2 Å². The maximum atomic E-state index is 15.8. The third-order valence-corrected chi connectivity index (χ3v) is 6.38. The Morgan fingerprint density at radius 3 is 2.60 bits per heavy atom. The van der Waals surface area contributed by atoms with Crippen LogP contribution < -0.4 is 25.4 Å². The fourth-order valence-corrected chi connectivity index (χ4v) is 4.11. The predicted molar refractivity (Wildman–Crippen MR) is 150 cm³/mol. The van der Waals surface area contributed by atoms with Gasteiger partial charge in [-0.05, 0) is 49.5 Å². The number of hydrogen-bond donors (Lipinski definition) is 3. The van der Waals surface area contributed by atoms with Crippen LogP contribution in [0.15, 0.2) is 49.2 Å². The molecule has 0 bridgehead atoms. The summed E-state index contributed by atoms with van der Waals surface area (Å²) in [6.07, 6.45) is 4.48. The molecule has 0 aliphatic heterocycles. The van der Waals surface area contributed by atoms with Crippen LogP contribution in [0.3, 0.4) is 0 Å². The number of methoxy groups -OCH3 is 2. The molecule has 9 nitrogen and oxygen atoms in total. The van der Waals surface area contributed by atoms with E-state index < -0.39 is 48.7 Å². The molecular formula is C29H28F2N6O3. The Labute approximate surface area is 238 Å². The Kier molecular flexibility index (Phi) is 5.61. The Bertz CT molecular complexity index is 1790. The van der Waals surface area contributed by atoms with Crippen molar-refractivity contribution in [3.8, 4) is 22.8 Å². The summed E-state index contributed by atoms with van der Waals surface area (Å²) in [5.74, 6) is -4.59. The van der Waals surface area contributed by atoms with Crippen molar-refractivity contribution in [1.29, 1.82) is 0 Å². The van der Waals surface area contributed by atoms with Crippen molar-refractivity contribution in [3.05, 3.63) is 66.4 Å². The molecule has 0 spiro atoms. The SMILES string of the molecule is [2H]C([2H])([2H])Oc1cc(OC([2H])([2H])[2H])c(F)c(-c2cc3cnc(Nc4c(C)cccc4NC(=O)C=C)nc3c(NCC3CC3)n2)c1F. The van der Waals surface area contributed by atoms with E-state index in [9.17, 15) is 4.79 Å². The highest BCUT2D eigenvalue weighted by atomic mass is 19.1. The number of pyridine rings is 1. The number of nitrogens with zero attached hydrogens (tertiary/aromatic N) is 3. The first-order chi connectivity index (χ1) is 21.6. The third-order valence-electron chi connectivity index (χ3n) is 6.38. The van der Waals surface area contributed by atoms with Crippen molar-refractivity contribution >= 4 is 40.0 Å². The van der Waals surface area contributed by atoms with Crippen LogP contribution >= 0.6 is 0 Å². The number of anilines is 4. The van der Waals surface area contributed by atoms with E-state index in [4.69, 9.17) is 17.7 Å². The molecule has 1 aliphatic rings. The summed E-state index contributed by atoms with van der Waals surface area (Å²) < 4.78 is 85.3. The van der Waals surface area contributed by atoms with Gasteiger partial charge in [0.05, 0.1) is 44.9 Å². The normalized spacial score (nSPS) is 15.5. The van der Waals surface area contributed by atoms with E-state index in [1.165, 1.54) is 12.3 Å². The molecule has 0 atom stereocenters. The summed E-state index contributed by atoms with van der Waals surface area (Å²) in [5, 5.41) is 9.28. The minimum atomic E-state index is -3.15. The second kappa shape index (κ2) is 11.1. The van der Waals surface area contributed by atoms with Gasteiger partial charge in [-0.15, -0.1) is 0 Å². The highest BCUT2D eigenvalue weighted by Gasteiger charge is 2.25. The standard InChI is InChI=1S/C29H28F2N6O3/c1-5-22(38)34-18-8-6-7-15(2)26(18)36-29-33-14-17-11-19(35-28(27(17)37-29)32-13-16-9-10-16)23-24(30)20(39-3)12-21(40-4)25(23)31/h5-8,11-12,14,16H,1,9-10,13H2,2-4H3,(H,32,35)(H,34,38)(H,33,36,37)/i3D3,4D3. The number of ether oxygens (including phenoxy) is 2. The minimum absolute atomic E-state index is 0.124. The summed E-state index contributed by atoms with van der Waals surface area (Å²) in [5.41, 5.74) is 0.820. The number of rotatable bonds is 10. The van der Waals surface area contributed by atoms with E-state index in [2.05, 4.69) is 37.5 Å². The van der Waals surface area contributed by atoms with Crippen molar-refractivity contribution < 1.29 is 31.3 Å². The maximum absolute atomic E-state index is 15.8. The van der Waals surface area contributed by atoms with Gasteiger partial charge in [0.2, 0.25) is 11.9 Å². The molecule has 1 aliphatic carbocycles. The van der Waals surface area contributed by atoms with E-state index >= 15 is 8.78 Å². The lowest BCUT2D eigenvalue weighted by Crippen LogP contribution is -2.11. The molecule has 3 N–H and O–H groups in total. The molecule has 0 saturated heterocycles. The molecule has 0 unspecified atom stereocenters. The average molecular weight is 553 g/mol. The average Bonchev–Trinajstić information content (AvgIpc) is 3.79. The van der Waals surface area contributed by atoms with E-state index in [1.807, 2.05) is 13.0 Å². The first-order valence-electron chi connectivity index (χ1n) is 15.2. The maximum Gasteiger partial charge on any atom is 0.247 e. The highest BCUT2D eigenvalue weighted by molar-refractivity contribution is 6.02. The fraction of sp³-hybridized carbons (Fsp3) is 0.241. The molecular weight excluding hydrogens is 518 g/mol. The van der Waals surface area contributed by atoms with Gasteiger partial charge in [0.1, 0.15) is 5.52 Å². The second-order valence-corrected chi connectivity index (χ2v) is 9.21. The predicted octanol–water partition coefficient (Wildman–Crippen LogP) is 5.99. The number of aryl methyl sites for hydroxylation is 1. The molecule has 2 heterocycles. The van der Waals surface area contributed by atoms with Gasteiger partial charge in [-0.1, -0.05) is 18.7 Å². The molecule has 2 aromatic carbocycles. The molecule has 11 heteroatoms. The Morgan fingerprint density at radius 2 is 1.93 bits per heavy atom. The van der Waals surface area contributed by atoms with Crippen LogP contribution in [-0.2, 0) is 4.79 Å². The van der Waals surface area contributed by atoms with Gasteiger partial charge in [0.25, 0.3) is 0 Å². The topological polar surface area (TPSA) is 110 Å². The summed E-state index contributed by atoms with van der Waals surface area (Å²) in [6.45, 7) is 5.77. The van der Waals surface area contributed by atoms with Gasteiger partial charge in [-0.2, -0.15) is 0 Å². The first-order valence-corrected chi connectivity index (χ1v) is 12.2. The highest BCUT2D eigenvalue weighted by Crippen LogP contribution is 2.39. The number of amides is 1. The van der Waals surface area contributed by atoms with E-state index in [0.717, 1.165) is 24.5 Å². The Balaban J connectivity index is 1.64. The van der Waals surface area contributed by atoms with Gasteiger partial charge in [-0.25, -0.2) is 23.7 Å². The Hall–Kier alpha value is -4.80. The molecule has 1 amide bonds. The van der Waals surface area contributed by atoms with E-state index in [1.54, 1.807) is 12.1 Å². The Morgan fingerprint density at radius 1 is 1.18 bits per heavy atom. The number of para-hydroxylation sites is 1. The zero-order valence-electron chi connectivity index (χ0n) is 27.3. The van der Waals surface area contributed by atoms with Gasteiger partial charge in [-0.3, -0.25) is 4.79 Å². The molecule has 206 valence electrons. The molecule has 1 saturated carbocycles. The molecule has 0 radical (unpaired) electrons. The molecule has 1 fully saturated rings. The lowest BCUT2D eigenvalue weighted by molar-refractivity contribution is -0.111. The molecule has 2 aromatic heterocycles. The van der Waals surface area contributed by atoms with Crippen LogP contribution in [0.1, 0.15) is 26.6 Å². The number of carbonyl (C=O) groups excluding carboxylic acids is 1. The molecule has 4 aromatic rings. The van der Waals surface area contributed by atoms with Gasteiger partial charge >= 0.3 is 0 Å². The van der Waals surface area contributed by atoms with Crippen LogP contribution in [-0.4, -0.2) is 41.5 Å². The smallest absolute Gasteiger partial charge is 0.247 e. The van der Waals surface area contributed by atoms with Gasteiger partial charge in [0.15, 0.2) is 29.0 Å². The first kappa shape index (κ1) is 20.2. The number of aromatic nitrogens is 3. The van der Waals surface area contributed by atoms with E-state index in [-0.39, 0.29) is 28.4 Å². The molecule has 40 heavy (non-hydrogen) atoms. The summed E-state index contributed by atoms with van der Waals surface area (Å²) in [6, 6.07) is 7.06. The fourth-order valence-electron chi connectivity index (χ4n) is 4.11. The number of fused-ring (bicyclic) bond motifs is 1. The lowest BCUT2D eigenvalue weighted by atomic mass is 10.1. The van der Waals surface area contributed by atoms with E-state index in [0.29, 0.717) is 29.9 Å². The van der Waals surface area contributed by atoms with Crippen molar-refractivity contribution in [2.24, 2.45) is 5.92 Å². The number of hydrogen-bond acceptors (Lipinski definition) is 8. The van der Waals surface area contributed by atoms with Crippen molar-refractivity contribution in [2.75, 3.05) is 36.6 Å². The van der Waals surface area contributed by atoms with Crippen LogP contribution in [0, 0.1) is 24.5 Å². The van der Waals surface area contributed by atoms with Crippen LogP contribution in [0.25, 0.3) is 22.2 Å². The monoisotopic (exact) mass is 552 g/mol. The summed E-state index contributed by atoms with van der Waals surface area (Å²) in [7, 11) is -6.30. The minimum Gasteiger partial charge on any atom is -0.494 e. The van der Waals surface area contributed by atoms with Crippen LogP contribution in [0.4, 0.5) is 31.9 Å². The third kappa shape index (κ3) is 5.35. The zero-order chi connectivity index (χ0) is 33.4. The second-order valence-electron chi connectivity index (χ2n) is 9.21. The lowest BCUT2D eigenvalue weighted by Gasteiger charge is -2.16. The van der Waals surface area contributed by atoms with Gasteiger partial charge < -0.3 is 25.4 Å². The van der Waals surface area contributed by atoms with Crippen molar-refractivity contribution in [1.82, 2.24) is 15.0 Å². The quantitative estimate of drug-likeness (QED) is 0.206. The zero-order valence-corrected chi connectivity index (χ0v) is 21.3. The number of halogens is 2. The van der Waals surface area contributed by atoms with Crippen molar-refractivity contribution in [3.63, 3.8) is 0 Å². The largest absolute Gasteiger partial charge is 0.494 e. The van der Waals surface area contributed by atoms with Crippen LogP contribution in [0.2, 0.25) is 0 Å².